The van der Waals surface area contributed by atoms with Crippen LogP contribution in [-0.4, -0.2) is 12.9 Å². The maximum Gasteiger partial charge on any atom is 0.163 e. The molecule has 3 heteroatoms. The molecule has 2 rings (SSSR count). The van der Waals surface area contributed by atoms with Gasteiger partial charge in [0, 0.05) is 17.7 Å². The van der Waals surface area contributed by atoms with E-state index in [1.54, 1.807) is 13.2 Å². The summed E-state index contributed by atoms with van der Waals surface area (Å²) in [5.74, 6) is 0.816. The standard InChI is InChI=1S/C16H17NO2/c1-19-15-7-3-5-13(11-15)16(18)9-8-12-4-2-6-14(17)10-12/h2-7,10-11H,8-9,17H2,1H3. The van der Waals surface area contributed by atoms with Crippen LogP contribution >= 0.6 is 0 Å². The van der Waals surface area contributed by atoms with Gasteiger partial charge in [0.2, 0.25) is 0 Å². The van der Waals surface area contributed by atoms with Crippen molar-refractivity contribution in [2.24, 2.45) is 0 Å². The number of Topliss-reactive ketones (excluding diaryl/α,β-unsaturated/α-hetero) is 1. The van der Waals surface area contributed by atoms with Gasteiger partial charge in [-0.15, -0.1) is 0 Å². The lowest BCUT2D eigenvalue weighted by molar-refractivity contribution is 0.0982. The Morgan fingerprint density at radius 2 is 1.95 bits per heavy atom. The molecule has 0 saturated heterocycles. The number of aryl methyl sites for hydroxylation is 1. The van der Waals surface area contributed by atoms with E-state index in [-0.39, 0.29) is 5.78 Å². The molecule has 0 aliphatic heterocycles. The van der Waals surface area contributed by atoms with Gasteiger partial charge in [0.15, 0.2) is 5.78 Å². The zero-order valence-corrected chi connectivity index (χ0v) is 10.9. The molecule has 0 spiro atoms. The Morgan fingerprint density at radius 3 is 2.68 bits per heavy atom. The molecule has 0 heterocycles. The summed E-state index contributed by atoms with van der Waals surface area (Å²) in [5, 5.41) is 0. The molecule has 0 atom stereocenters. The summed E-state index contributed by atoms with van der Waals surface area (Å²) >= 11 is 0. The number of methoxy groups -OCH3 is 1. The van der Waals surface area contributed by atoms with Crippen LogP contribution in [0.4, 0.5) is 5.69 Å². The topological polar surface area (TPSA) is 52.3 Å². The van der Waals surface area contributed by atoms with Crippen molar-refractivity contribution in [3.8, 4) is 5.75 Å². The molecule has 3 nitrogen and oxygen atoms in total. The second-order valence-electron chi connectivity index (χ2n) is 4.40. The molecule has 19 heavy (non-hydrogen) atoms. The van der Waals surface area contributed by atoms with Crippen molar-refractivity contribution in [3.63, 3.8) is 0 Å². The first-order chi connectivity index (χ1) is 9.19. The van der Waals surface area contributed by atoms with Crippen LogP contribution in [0.15, 0.2) is 48.5 Å². The highest BCUT2D eigenvalue weighted by atomic mass is 16.5. The highest BCUT2D eigenvalue weighted by Gasteiger charge is 2.07. The average molecular weight is 255 g/mol. The molecular formula is C16H17NO2. The van der Waals surface area contributed by atoms with E-state index in [2.05, 4.69) is 0 Å². The van der Waals surface area contributed by atoms with Crippen LogP contribution in [-0.2, 0) is 6.42 Å². The summed E-state index contributed by atoms with van der Waals surface area (Å²) in [6.45, 7) is 0. The first kappa shape index (κ1) is 13.1. The van der Waals surface area contributed by atoms with Gasteiger partial charge in [-0.3, -0.25) is 4.79 Å². The van der Waals surface area contributed by atoms with Gasteiger partial charge in [0.05, 0.1) is 7.11 Å². The number of ketones is 1. The van der Waals surface area contributed by atoms with E-state index < -0.39 is 0 Å². The van der Waals surface area contributed by atoms with E-state index in [9.17, 15) is 4.79 Å². The number of hydrogen-bond acceptors (Lipinski definition) is 3. The second kappa shape index (κ2) is 6.05. The summed E-state index contributed by atoms with van der Waals surface area (Å²) in [7, 11) is 1.59. The third-order valence-electron chi connectivity index (χ3n) is 2.98. The third-order valence-corrected chi connectivity index (χ3v) is 2.98. The van der Waals surface area contributed by atoms with Gasteiger partial charge in [-0.25, -0.2) is 0 Å². The second-order valence-corrected chi connectivity index (χ2v) is 4.40. The molecule has 0 fully saturated rings. The van der Waals surface area contributed by atoms with Gasteiger partial charge in [-0.2, -0.15) is 0 Å². The number of nitrogen functional groups attached to an aromatic ring is 1. The summed E-state index contributed by atoms with van der Waals surface area (Å²) in [6, 6.07) is 14.9. The SMILES string of the molecule is COc1cccc(C(=O)CCc2cccc(N)c2)c1. The lowest BCUT2D eigenvalue weighted by Gasteiger charge is -2.05. The molecule has 0 bridgehead atoms. The number of carbonyl (C=O) groups excluding carboxylic acids is 1. The van der Waals surface area contributed by atoms with Gasteiger partial charge in [0.25, 0.3) is 0 Å². The predicted molar refractivity (Wildman–Crippen MR) is 76.5 cm³/mol. The van der Waals surface area contributed by atoms with Crippen molar-refractivity contribution in [2.45, 2.75) is 12.8 Å². The molecule has 0 saturated carbocycles. The summed E-state index contributed by atoms with van der Waals surface area (Å²) in [4.78, 5) is 12.1. The van der Waals surface area contributed by atoms with E-state index in [0.29, 0.717) is 24.2 Å². The zero-order chi connectivity index (χ0) is 13.7. The lowest BCUT2D eigenvalue weighted by Crippen LogP contribution is -2.01. The quantitative estimate of drug-likeness (QED) is 0.659. The number of nitrogens with two attached hydrogens (primary N) is 1. The number of hydrogen-bond donors (Lipinski definition) is 1. The van der Waals surface area contributed by atoms with Gasteiger partial charge < -0.3 is 10.5 Å². The molecule has 0 aromatic heterocycles. The average Bonchev–Trinajstić information content (AvgIpc) is 2.45. The highest BCUT2D eigenvalue weighted by molar-refractivity contribution is 5.96. The maximum atomic E-state index is 12.1. The van der Waals surface area contributed by atoms with Crippen LogP contribution in [0.25, 0.3) is 0 Å². The number of rotatable bonds is 5. The third kappa shape index (κ3) is 3.58. The van der Waals surface area contributed by atoms with Crippen LogP contribution in [0.3, 0.4) is 0 Å². The van der Waals surface area contributed by atoms with Crippen LogP contribution in [0.2, 0.25) is 0 Å². The fourth-order valence-corrected chi connectivity index (χ4v) is 1.95. The minimum absolute atomic E-state index is 0.112. The number of ether oxygens (including phenoxy) is 1. The van der Waals surface area contributed by atoms with Crippen molar-refractivity contribution in [3.05, 3.63) is 59.7 Å². The van der Waals surface area contributed by atoms with E-state index >= 15 is 0 Å². The van der Waals surface area contributed by atoms with Gasteiger partial charge in [0.1, 0.15) is 5.75 Å². The van der Waals surface area contributed by atoms with E-state index in [1.807, 2.05) is 42.5 Å². The molecular weight excluding hydrogens is 238 g/mol. The Morgan fingerprint density at radius 1 is 1.16 bits per heavy atom. The molecule has 0 amide bonds. The Kier molecular flexibility index (Phi) is 4.18. The number of carbonyl (C=O) groups is 1. The van der Waals surface area contributed by atoms with Crippen molar-refractivity contribution < 1.29 is 9.53 Å². The monoisotopic (exact) mass is 255 g/mol. The number of benzene rings is 2. The normalized spacial score (nSPS) is 10.2. The minimum atomic E-state index is 0.112. The highest BCUT2D eigenvalue weighted by Crippen LogP contribution is 2.16. The van der Waals surface area contributed by atoms with Crippen molar-refractivity contribution in [2.75, 3.05) is 12.8 Å². The Balaban J connectivity index is 2.01. The summed E-state index contributed by atoms with van der Waals surface area (Å²) < 4.78 is 5.11. The lowest BCUT2D eigenvalue weighted by atomic mass is 10.0. The maximum absolute atomic E-state index is 12.1. The number of anilines is 1. The van der Waals surface area contributed by atoms with E-state index in [4.69, 9.17) is 10.5 Å². The van der Waals surface area contributed by atoms with Crippen molar-refractivity contribution >= 4 is 11.5 Å². The van der Waals surface area contributed by atoms with Gasteiger partial charge >= 0.3 is 0 Å². The van der Waals surface area contributed by atoms with Crippen LogP contribution in [0.1, 0.15) is 22.3 Å². The summed E-state index contributed by atoms with van der Waals surface area (Å²) in [5.41, 5.74) is 8.20. The Bertz CT molecular complexity index is 578. The van der Waals surface area contributed by atoms with Gasteiger partial charge in [-0.05, 0) is 36.2 Å². The van der Waals surface area contributed by atoms with Crippen LogP contribution in [0.5, 0.6) is 5.75 Å². The summed E-state index contributed by atoms with van der Waals surface area (Å²) in [6.07, 6.45) is 1.16. The molecule has 0 unspecified atom stereocenters. The Hall–Kier alpha value is -2.29. The first-order valence-corrected chi connectivity index (χ1v) is 6.21. The Labute approximate surface area is 113 Å². The molecule has 0 aliphatic carbocycles. The van der Waals surface area contributed by atoms with E-state index in [0.717, 1.165) is 11.3 Å². The smallest absolute Gasteiger partial charge is 0.163 e. The van der Waals surface area contributed by atoms with Gasteiger partial charge in [-0.1, -0.05) is 24.3 Å². The fourth-order valence-electron chi connectivity index (χ4n) is 1.95. The largest absolute Gasteiger partial charge is 0.497 e. The van der Waals surface area contributed by atoms with E-state index in [1.165, 1.54) is 0 Å². The zero-order valence-electron chi connectivity index (χ0n) is 10.9. The van der Waals surface area contributed by atoms with Crippen molar-refractivity contribution in [1.82, 2.24) is 0 Å². The van der Waals surface area contributed by atoms with Crippen molar-refractivity contribution in [1.29, 1.82) is 0 Å². The molecule has 2 aromatic rings. The van der Waals surface area contributed by atoms with Crippen LogP contribution in [0, 0.1) is 0 Å². The molecule has 0 radical (unpaired) electrons. The molecule has 2 aromatic carbocycles. The first-order valence-electron chi connectivity index (χ1n) is 6.21. The molecule has 2 N–H and O–H groups in total. The predicted octanol–water partition coefficient (Wildman–Crippen LogP) is 3.09. The minimum Gasteiger partial charge on any atom is -0.497 e. The van der Waals surface area contributed by atoms with Crippen LogP contribution < -0.4 is 10.5 Å². The fraction of sp³-hybridized carbons (Fsp3) is 0.188. The molecule has 0 aliphatic rings. The molecule has 98 valence electrons.